The molecule has 0 unspecified atom stereocenters. The van der Waals surface area contributed by atoms with Crippen molar-refractivity contribution in [1.82, 2.24) is 0 Å². The van der Waals surface area contributed by atoms with Crippen molar-refractivity contribution >= 4 is 15.9 Å². The number of hydrogen-bond donors (Lipinski definition) is 2. The fraction of sp³-hybridized carbons (Fsp3) is 0.500. The Kier molecular flexibility index (Phi) is 3.46. The molecule has 0 bridgehead atoms. The molecule has 0 aliphatic heterocycles. The summed E-state index contributed by atoms with van der Waals surface area (Å²) in [5, 5.41) is 10.0. The lowest BCUT2D eigenvalue weighted by atomic mass is 9.82. The minimum atomic E-state index is -0.188. The van der Waals surface area contributed by atoms with E-state index in [1.54, 1.807) is 0 Å². The molecule has 0 heterocycles. The zero-order valence-electron chi connectivity index (χ0n) is 9.63. The number of aromatic hydroxyl groups is 1. The molecule has 0 saturated carbocycles. The molecule has 3 heteroatoms. The molecule has 0 aliphatic carbocycles. The van der Waals surface area contributed by atoms with Gasteiger partial charge in [0, 0.05) is 16.1 Å². The summed E-state index contributed by atoms with van der Waals surface area (Å²) in [5.74, 6) is 0.298. The molecular formula is C12H18BrNO. The van der Waals surface area contributed by atoms with Gasteiger partial charge in [0.15, 0.2) is 0 Å². The van der Waals surface area contributed by atoms with Crippen molar-refractivity contribution in [3.8, 4) is 5.75 Å². The molecule has 0 aromatic heterocycles. The quantitative estimate of drug-likeness (QED) is 0.821. The Balaban J connectivity index is 3.31. The van der Waals surface area contributed by atoms with Gasteiger partial charge in [0.2, 0.25) is 0 Å². The van der Waals surface area contributed by atoms with Crippen molar-refractivity contribution in [1.29, 1.82) is 0 Å². The molecule has 0 spiro atoms. The monoisotopic (exact) mass is 271 g/mol. The van der Waals surface area contributed by atoms with Gasteiger partial charge in [-0.3, -0.25) is 0 Å². The van der Waals surface area contributed by atoms with Gasteiger partial charge in [0.25, 0.3) is 0 Å². The number of hydrogen-bond acceptors (Lipinski definition) is 2. The van der Waals surface area contributed by atoms with E-state index in [-0.39, 0.29) is 11.5 Å². The van der Waals surface area contributed by atoms with Crippen molar-refractivity contribution in [2.24, 2.45) is 11.1 Å². The number of phenols is 1. The summed E-state index contributed by atoms with van der Waals surface area (Å²) >= 11 is 3.43. The summed E-state index contributed by atoms with van der Waals surface area (Å²) in [7, 11) is 0. The number of rotatable bonds is 1. The fourth-order valence-corrected chi connectivity index (χ4v) is 1.99. The van der Waals surface area contributed by atoms with Gasteiger partial charge in [-0.15, -0.1) is 0 Å². The van der Waals surface area contributed by atoms with Crippen LogP contribution < -0.4 is 5.73 Å². The van der Waals surface area contributed by atoms with E-state index < -0.39 is 0 Å². The molecule has 0 amide bonds. The molecular weight excluding hydrogens is 254 g/mol. The summed E-state index contributed by atoms with van der Waals surface area (Å²) in [5.41, 5.74) is 7.73. The predicted molar refractivity (Wildman–Crippen MR) is 66.9 cm³/mol. The standard InChI is InChI=1S/C12H18BrNO/c1-7-5-6-8(13)9(10(7)15)11(14)12(2,3)4/h5-6,11,15H,14H2,1-4H3/t11-/m0/s1. The van der Waals surface area contributed by atoms with Gasteiger partial charge in [-0.25, -0.2) is 0 Å². The first-order valence-corrected chi connectivity index (χ1v) is 5.78. The highest BCUT2D eigenvalue weighted by molar-refractivity contribution is 9.10. The molecule has 1 rings (SSSR count). The summed E-state index contributed by atoms with van der Waals surface area (Å²) < 4.78 is 0.869. The smallest absolute Gasteiger partial charge is 0.124 e. The summed E-state index contributed by atoms with van der Waals surface area (Å²) in [6, 6.07) is 3.61. The number of aryl methyl sites for hydroxylation is 1. The maximum Gasteiger partial charge on any atom is 0.124 e. The van der Waals surface area contributed by atoms with Crippen LogP contribution in [-0.4, -0.2) is 5.11 Å². The summed E-state index contributed by atoms with van der Waals surface area (Å²) in [6.45, 7) is 8.06. The molecule has 0 aliphatic rings. The van der Waals surface area contributed by atoms with Gasteiger partial charge in [-0.05, 0) is 24.0 Å². The molecule has 0 fully saturated rings. The molecule has 2 nitrogen and oxygen atoms in total. The summed E-state index contributed by atoms with van der Waals surface area (Å²) in [6.07, 6.45) is 0. The topological polar surface area (TPSA) is 46.2 Å². The highest BCUT2D eigenvalue weighted by atomic mass is 79.9. The average Bonchev–Trinajstić information content (AvgIpc) is 2.10. The van der Waals surface area contributed by atoms with Crippen molar-refractivity contribution in [3.63, 3.8) is 0 Å². The van der Waals surface area contributed by atoms with E-state index in [9.17, 15) is 5.11 Å². The van der Waals surface area contributed by atoms with Crippen LogP contribution >= 0.6 is 15.9 Å². The molecule has 0 saturated heterocycles. The van der Waals surface area contributed by atoms with Crippen LogP contribution in [0.4, 0.5) is 0 Å². The van der Waals surface area contributed by atoms with Crippen LogP contribution in [0, 0.1) is 12.3 Å². The Bertz CT molecular complexity index is 369. The van der Waals surface area contributed by atoms with Crippen LogP contribution in [0.15, 0.2) is 16.6 Å². The lowest BCUT2D eigenvalue weighted by Crippen LogP contribution is -2.26. The molecule has 3 N–H and O–H groups in total. The molecule has 15 heavy (non-hydrogen) atoms. The number of halogens is 1. The first-order valence-electron chi connectivity index (χ1n) is 4.98. The Morgan fingerprint density at radius 2 is 1.87 bits per heavy atom. The summed E-state index contributed by atoms with van der Waals surface area (Å²) in [4.78, 5) is 0. The van der Waals surface area contributed by atoms with E-state index in [2.05, 4.69) is 36.7 Å². The van der Waals surface area contributed by atoms with Gasteiger partial charge in [0.1, 0.15) is 5.75 Å². The van der Waals surface area contributed by atoms with E-state index in [1.807, 2.05) is 19.1 Å². The average molecular weight is 272 g/mol. The van der Waals surface area contributed by atoms with E-state index >= 15 is 0 Å². The maximum absolute atomic E-state index is 10.0. The number of benzene rings is 1. The van der Waals surface area contributed by atoms with Crippen molar-refractivity contribution in [2.45, 2.75) is 33.7 Å². The van der Waals surface area contributed by atoms with Crippen LogP contribution in [0.3, 0.4) is 0 Å². The van der Waals surface area contributed by atoms with Crippen LogP contribution in [0.25, 0.3) is 0 Å². The fourth-order valence-electron chi connectivity index (χ4n) is 1.42. The highest BCUT2D eigenvalue weighted by Crippen LogP contribution is 2.40. The third-order valence-electron chi connectivity index (χ3n) is 2.61. The first kappa shape index (κ1) is 12.5. The Hall–Kier alpha value is -0.540. The van der Waals surface area contributed by atoms with Crippen molar-refractivity contribution in [3.05, 3.63) is 27.7 Å². The van der Waals surface area contributed by atoms with Crippen LogP contribution in [-0.2, 0) is 0 Å². The van der Waals surface area contributed by atoms with Crippen molar-refractivity contribution < 1.29 is 5.11 Å². The Morgan fingerprint density at radius 1 is 1.33 bits per heavy atom. The largest absolute Gasteiger partial charge is 0.507 e. The van der Waals surface area contributed by atoms with Gasteiger partial charge < -0.3 is 10.8 Å². The van der Waals surface area contributed by atoms with E-state index in [4.69, 9.17) is 5.73 Å². The van der Waals surface area contributed by atoms with Gasteiger partial charge in [0.05, 0.1) is 0 Å². The van der Waals surface area contributed by atoms with Gasteiger partial charge in [-0.2, -0.15) is 0 Å². The van der Waals surface area contributed by atoms with E-state index in [0.29, 0.717) is 5.75 Å². The minimum Gasteiger partial charge on any atom is -0.507 e. The lowest BCUT2D eigenvalue weighted by molar-refractivity contribution is 0.316. The molecule has 84 valence electrons. The predicted octanol–water partition coefficient (Wildman–Crippen LogP) is 3.51. The normalized spacial score (nSPS) is 14.0. The zero-order chi connectivity index (χ0) is 11.8. The second kappa shape index (κ2) is 4.14. The van der Waals surface area contributed by atoms with Crippen LogP contribution in [0.5, 0.6) is 5.75 Å². The second-order valence-corrected chi connectivity index (χ2v) is 5.82. The van der Waals surface area contributed by atoms with E-state index in [1.165, 1.54) is 0 Å². The Morgan fingerprint density at radius 3 is 2.33 bits per heavy atom. The van der Waals surface area contributed by atoms with E-state index in [0.717, 1.165) is 15.6 Å². The highest BCUT2D eigenvalue weighted by Gasteiger charge is 2.27. The number of phenolic OH excluding ortho intramolecular Hbond substituents is 1. The van der Waals surface area contributed by atoms with Gasteiger partial charge >= 0.3 is 0 Å². The second-order valence-electron chi connectivity index (χ2n) is 4.97. The minimum absolute atomic E-state index is 0.0756. The Labute approximate surface area is 99.6 Å². The number of nitrogens with two attached hydrogens (primary N) is 1. The van der Waals surface area contributed by atoms with Crippen LogP contribution in [0.1, 0.15) is 37.9 Å². The third-order valence-corrected chi connectivity index (χ3v) is 3.30. The molecule has 0 radical (unpaired) electrons. The first-order chi connectivity index (χ1) is 6.75. The molecule has 1 aromatic carbocycles. The lowest BCUT2D eigenvalue weighted by Gasteiger charge is -2.29. The molecule has 1 atom stereocenters. The third kappa shape index (κ3) is 2.52. The van der Waals surface area contributed by atoms with Crippen LogP contribution in [0.2, 0.25) is 0 Å². The molecule has 1 aromatic rings. The maximum atomic E-state index is 10.0. The zero-order valence-corrected chi connectivity index (χ0v) is 11.2. The SMILES string of the molecule is Cc1ccc(Br)c([C@H](N)C(C)(C)C)c1O. The van der Waals surface area contributed by atoms with Crippen molar-refractivity contribution in [2.75, 3.05) is 0 Å². The van der Waals surface area contributed by atoms with Gasteiger partial charge in [-0.1, -0.05) is 42.8 Å².